The molecule has 0 radical (unpaired) electrons. The largest absolute Gasteiger partial charge is 0.281 e. The molecule has 0 bridgehead atoms. The highest BCUT2D eigenvalue weighted by Gasteiger charge is 2.10. The molecule has 116 valence electrons. The monoisotopic (exact) mass is 326 g/mol. The van der Waals surface area contributed by atoms with Crippen LogP contribution in [0.15, 0.2) is 42.5 Å². The van der Waals surface area contributed by atoms with E-state index in [-0.39, 0.29) is 11.2 Å². The minimum Gasteiger partial charge on any atom is -0.281 e. The van der Waals surface area contributed by atoms with Crippen LogP contribution in [0.5, 0.6) is 0 Å². The second-order valence-corrected chi connectivity index (χ2v) is 5.59. The van der Waals surface area contributed by atoms with E-state index < -0.39 is 0 Å². The van der Waals surface area contributed by atoms with Crippen molar-refractivity contribution >= 4 is 34.2 Å². The third kappa shape index (κ3) is 3.24. The Morgan fingerprint density at radius 3 is 2.65 bits per heavy atom. The summed E-state index contributed by atoms with van der Waals surface area (Å²) in [6.45, 7) is 3.86. The van der Waals surface area contributed by atoms with Crippen LogP contribution in [0.2, 0.25) is 5.28 Å². The van der Waals surface area contributed by atoms with Gasteiger partial charge in [-0.15, -0.1) is 0 Å². The molecular weight excluding hydrogens is 312 g/mol. The Hall–Kier alpha value is -2.66. The SMILES string of the molecule is Cc1ccc2nc(Cl)nc(NNC(=O)c3ccccc3C)c2c1. The van der Waals surface area contributed by atoms with E-state index in [2.05, 4.69) is 20.8 Å². The molecule has 1 heterocycles. The van der Waals surface area contributed by atoms with Gasteiger partial charge in [-0.2, -0.15) is 4.98 Å². The minimum absolute atomic E-state index is 0.119. The van der Waals surface area contributed by atoms with Gasteiger partial charge in [0.15, 0.2) is 5.82 Å². The van der Waals surface area contributed by atoms with Crippen LogP contribution in [0.25, 0.3) is 10.9 Å². The zero-order valence-electron chi connectivity index (χ0n) is 12.7. The lowest BCUT2D eigenvalue weighted by Gasteiger charge is -2.12. The lowest BCUT2D eigenvalue weighted by atomic mass is 10.1. The molecule has 5 nitrogen and oxygen atoms in total. The second kappa shape index (κ2) is 6.22. The van der Waals surface area contributed by atoms with Crippen molar-refractivity contribution in [3.8, 4) is 0 Å². The summed E-state index contributed by atoms with van der Waals surface area (Å²) in [4.78, 5) is 20.6. The lowest BCUT2D eigenvalue weighted by molar-refractivity contribution is 0.0962. The van der Waals surface area contributed by atoms with Crippen molar-refractivity contribution in [3.63, 3.8) is 0 Å². The van der Waals surface area contributed by atoms with Crippen LogP contribution in [-0.4, -0.2) is 15.9 Å². The Balaban J connectivity index is 1.89. The van der Waals surface area contributed by atoms with Gasteiger partial charge in [-0.1, -0.05) is 29.8 Å². The van der Waals surface area contributed by atoms with E-state index >= 15 is 0 Å². The van der Waals surface area contributed by atoms with Crippen LogP contribution in [0.3, 0.4) is 0 Å². The number of hydrogen-bond acceptors (Lipinski definition) is 4. The normalized spacial score (nSPS) is 10.6. The number of aromatic nitrogens is 2. The molecule has 3 rings (SSSR count). The minimum atomic E-state index is -0.237. The molecule has 0 unspecified atom stereocenters. The molecule has 0 aliphatic carbocycles. The van der Waals surface area contributed by atoms with Gasteiger partial charge in [0.25, 0.3) is 5.91 Å². The maximum absolute atomic E-state index is 12.3. The van der Waals surface area contributed by atoms with Crippen molar-refractivity contribution in [2.45, 2.75) is 13.8 Å². The van der Waals surface area contributed by atoms with Crippen molar-refractivity contribution in [2.75, 3.05) is 5.43 Å². The smallest absolute Gasteiger partial charge is 0.269 e. The van der Waals surface area contributed by atoms with Gasteiger partial charge in [0.1, 0.15) is 0 Å². The van der Waals surface area contributed by atoms with Gasteiger partial charge < -0.3 is 0 Å². The number of rotatable bonds is 3. The Kier molecular flexibility index (Phi) is 4.12. The highest BCUT2D eigenvalue weighted by molar-refractivity contribution is 6.28. The molecule has 0 saturated heterocycles. The number of benzene rings is 2. The number of anilines is 1. The molecule has 1 amide bonds. The molecule has 6 heteroatoms. The predicted octanol–water partition coefficient (Wildman–Crippen LogP) is 3.66. The summed E-state index contributed by atoms with van der Waals surface area (Å²) in [5, 5.41) is 0.911. The summed E-state index contributed by atoms with van der Waals surface area (Å²) in [5.74, 6) is 0.226. The molecule has 0 spiro atoms. The average Bonchev–Trinajstić information content (AvgIpc) is 2.53. The summed E-state index contributed by atoms with van der Waals surface area (Å²) >= 11 is 5.95. The van der Waals surface area contributed by atoms with Gasteiger partial charge in [-0.05, 0) is 49.2 Å². The van der Waals surface area contributed by atoms with Crippen LogP contribution in [0, 0.1) is 13.8 Å². The second-order valence-electron chi connectivity index (χ2n) is 5.26. The maximum atomic E-state index is 12.3. The van der Waals surface area contributed by atoms with E-state index in [0.717, 1.165) is 16.5 Å². The number of carbonyl (C=O) groups is 1. The van der Waals surface area contributed by atoms with Crippen LogP contribution in [0.1, 0.15) is 21.5 Å². The molecule has 1 aromatic heterocycles. The maximum Gasteiger partial charge on any atom is 0.269 e. The number of nitrogens with one attached hydrogen (secondary N) is 2. The first-order valence-corrected chi connectivity index (χ1v) is 7.48. The quantitative estimate of drug-likeness (QED) is 0.569. The standard InChI is InChI=1S/C17H15ClN4O/c1-10-7-8-14-13(9-10)15(20-17(18)19-14)21-22-16(23)12-6-4-3-5-11(12)2/h3-9H,1-2H3,(H,22,23)(H,19,20,21). The highest BCUT2D eigenvalue weighted by atomic mass is 35.5. The van der Waals surface area contributed by atoms with Gasteiger partial charge in [0.2, 0.25) is 5.28 Å². The Bertz CT molecular complexity index is 895. The molecule has 2 N–H and O–H groups in total. The number of carbonyl (C=O) groups excluding carboxylic acids is 1. The van der Waals surface area contributed by atoms with E-state index in [9.17, 15) is 4.79 Å². The topological polar surface area (TPSA) is 66.9 Å². The first-order valence-electron chi connectivity index (χ1n) is 7.10. The van der Waals surface area contributed by atoms with Crippen molar-refractivity contribution in [3.05, 3.63) is 64.4 Å². The van der Waals surface area contributed by atoms with Gasteiger partial charge in [0.05, 0.1) is 5.52 Å². The van der Waals surface area contributed by atoms with Crippen molar-refractivity contribution in [1.29, 1.82) is 0 Å². The number of fused-ring (bicyclic) bond motifs is 1. The van der Waals surface area contributed by atoms with E-state index in [4.69, 9.17) is 11.6 Å². The Morgan fingerprint density at radius 1 is 1.09 bits per heavy atom. The number of amides is 1. The molecule has 3 aromatic rings. The summed E-state index contributed by atoms with van der Waals surface area (Å²) in [5.41, 5.74) is 8.78. The number of aryl methyl sites for hydroxylation is 2. The fraction of sp³-hybridized carbons (Fsp3) is 0.118. The van der Waals surface area contributed by atoms with Crippen molar-refractivity contribution in [1.82, 2.24) is 15.4 Å². The fourth-order valence-electron chi connectivity index (χ4n) is 2.32. The van der Waals surface area contributed by atoms with Crippen LogP contribution in [0.4, 0.5) is 5.82 Å². The van der Waals surface area contributed by atoms with E-state index in [1.807, 2.05) is 50.2 Å². The number of hydrazine groups is 1. The number of nitrogens with zero attached hydrogens (tertiary/aromatic N) is 2. The fourth-order valence-corrected chi connectivity index (χ4v) is 2.50. The third-order valence-corrected chi connectivity index (χ3v) is 3.68. The molecule has 0 atom stereocenters. The van der Waals surface area contributed by atoms with E-state index in [1.54, 1.807) is 6.07 Å². The van der Waals surface area contributed by atoms with E-state index in [1.165, 1.54) is 0 Å². The molecule has 0 saturated carbocycles. The van der Waals surface area contributed by atoms with Crippen molar-refractivity contribution < 1.29 is 4.79 Å². The molecule has 2 aromatic carbocycles. The summed E-state index contributed by atoms with van der Waals surface area (Å²) in [7, 11) is 0. The predicted molar refractivity (Wildman–Crippen MR) is 91.6 cm³/mol. The summed E-state index contributed by atoms with van der Waals surface area (Å²) in [6.07, 6.45) is 0. The molecule has 0 aliphatic heterocycles. The molecule has 23 heavy (non-hydrogen) atoms. The molecule has 0 aliphatic rings. The van der Waals surface area contributed by atoms with Crippen LogP contribution in [-0.2, 0) is 0 Å². The zero-order valence-corrected chi connectivity index (χ0v) is 13.5. The zero-order chi connectivity index (χ0) is 16.4. The van der Waals surface area contributed by atoms with Gasteiger partial charge >= 0.3 is 0 Å². The Morgan fingerprint density at radius 2 is 1.87 bits per heavy atom. The number of halogens is 1. The molecular formula is C17H15ClN4O. The summed E-state index contributed by atoms with van der Waals surface area (Å²) < 4.78 is 0. The van der Waals surface area contributed by atoms with Crippen LogP contribution < -0.4 is 10.9 Å². The van der Waals surface area contributed by atoms with Gasteiger partial charge in [-0.25, -0.2) is 4.98 Å². The van der Waals surface area contributed by atoms with Gasteiger partial charge in [-0.3, -0.25) is 15.6 Å². The van der Waals surface area contributed by atoms with Gasteiger partial charge in [0, 0.05) is 10.9 Å². The number of hydrogen-bond donors (Lipinski definition) is 2. The van der Waals surface area contributed by atoms with E-state index in [0.29, 0.717) is 16.9 Å². The Labute approximate surface area is 138 Å². The third-order valence-electron chi connectivity index (χ3n) is 3.51. The lowest BCUT2D eigenvalue weighted by Crippen LogP contribution is -2.30. The molecule has 0 fully saturated rings. The summed E-state index contributed by atoms with van der Waals surface area (Å²) in [6, 6.07) is 13.1. The highest BCUT2D eigenvalue weighted by Crippen LogP contribution is 2.22. The average molecular weight is 327 g/mol. The first-order chi connectivity index (χ1) is 11.0. The van der Waals surface area contributed by atoms with Crippen molar-refractivity contribution in [2.24, 2.45) is 0 Å². The van der Waals surface area contributed by atoms with Crippen LogP contribution >= 0.6 is 11.6 Å². The first kappa shape index (κ1) is 15.2.